The topological polar surface area (TPSA) is 52.9 Å². The van der Waals surface area contributed by atoms with Gasteiger partial charge in [-0.2, -0.15) is 0 Å². The molecule has 1 aliphatic heterocycles. The van der Waals surface area contributed by atoms with Crippen molar-refractivity contribution in [2.75, 3.05) is 13.6 Å². The van der Waals surface area contributed by atoms with E-state index in [9.17, 15) is 10.0 Å². The fraction of sp³-hybridized carbons (Fsp3) is 0.667. The Morgan fingerprint density at radius 2 is 2.44 bits per heavy atom. The van der Waals surface area contributed by atoms with E-state index in [2.05, 4.69) is 11.6 Å². The van der Waals surface area contributed by atoms with E-state index in [0.717, 1.165) is 30.7 Å². The van der Waals surface area contributed by atoms with Crippen LogP contribution >= 0.6 is 0 Å². The van der Waals surface area contributed by atoms with Gasteiger partial charge in [0.15, 0.2) is 0 Å². The molecule has 1 fully saturated rings. The van der Waals surface area contributed by atoms with Gasteiger partial charge in [0.25, 0.3) is 5.91 Å². The summed E-state index contributed by atoms with van der Waals surface area (Å²) in [5, 5.41) is 10.4. The van der Waals surface area contributed by atoms with E-state index in [-0.39, 0.29) is 5.91 Å². The van der Waals surface area contributed by atoms with Crippen molar-refractivity contribution in [3.8, 4) is 0 Å². The summed E-state index contributed by atoms with van der Waals surface area (Å²) in [4.78, 5) is 15.9. The molecule has 4 nitrogen and oxygen atoms in total. The van der Waals surface area contributed by atoms with E-state index in [1.165, 1.54) is 0 Å². The van der Waals surface area contributed by atoms with Crippen molar-refractivity contribution in [1.82, 2.24) is 5.06 Å². The van der Waals surface area contributed by atoms with E-state index in [4.69, 9.17) is 0 Å². The quantitative estimate of drug-likeness (QED) is 0.441. The molecule has 1 amide bonds. The highest BCUT2D eigenvalue weighted by Crippen LogP contribution is 2.38. The fourth-order valence-electron chi connectivity index (χ4n) is 2.32. The van der Waals surface area contributed by atoms with Crippen LogP contribution in [0.4, 0.5) is 0 Å². The summed E-state index contributed by atoms with van der Waals surface area (Å²) in [5.74, 6) is -0.164. The van der Waals surface area contributed by atoms with Crippen molar-refractivity contribution in [3.05, 3.63) is 12.7 Å². The Kier molecular flexibility index (Phi) is 4.68. The standard InChI is InChI=1S/C12H20N2O2/c1-3-6-12(7-4-9-13-2)8-5-10-14(16)11(12)15/h3,9,16H,1,4-8,10H2,2H3/t12-/m0/s1. The van der Waals surface area contributed by atoms with Gasteiger partial charge in [-0.15, -0.1) is 6.58 Å². The van der Waals surface area contributed by atoms with Crippen LogP contribution in [0, 0.1) is 5.41 Å². The molecule has 0 saturated carbocycles. The molecule has 4 heteroatoms. The Balaban J connectivity index is 2.76. The van der Waals surface area contributed by atoms with Gasteiger partial charge in [-0.3, -0.25) is 10.0 Å². The zero-order chi connectivity index (χ0) is 12.0. The molecule has 0 unspecified atom stereocenters. The Hall–Kier alpha value is -1.16. The first-order chi connectivity index (χ1) is 7.66. The van der Waals surface area contributed by atoms with Gasteiger partial charge in [-0.1, -0.05) is 6.08 Å². The van der Waals surface area contributed by atoms with Gasteiger partial charge in [-0.05, 0) is 38.3 Å². The summed E-state index contributed by atoms with van der Waals surface area (Å²) in [5.41, 5.74) is -0.462. The van der Waals surface area contributed by atoms with Crippen LogP contribution in [-0.2, 0) is 4.79 Å². The largest absolute Gasteiger partial charge is 0.301 e. The molecule has 1 rings (SSSR count). The zero-order valence-electron chi connectivity index (χ0n) is 9.85. The van der Waals surface area contributed by atoms with Crippen molar-refractivity contribution >= 4 is 12.1 Å². The van der Waals surface area contributed by atoms with Crippen LogP contribution in [0.5, 0.6) is 0 Å². The molecule has 1 saturated heterocycles. The number of carbonyl (C=O) groups excluding carboxylic acids is 1. The second kappa shape index (κ2) is 5.80. The number of hydrogen-bond donors (Lipinski definition) is 1. The summed E-state index contributed by atoms with van der Waals surface area (Å²) in [6.45, 7) is 4.15. The van der Waals surface area contributed by atoms with Crippen LogP contribution in [-0.4, -0.2) is 36.0 Å². The highest BCUT2D eigenvalue weighted by atomic mass is 16.5. The highest BCUT2D eigenvalue weighted by molar-refractivity contribution is 5.83. The van der Waals surface area contributed by atoms with Crippen molar-refractivity contribution in [3.63, 3.8) is 0 Å². The van der Waals surface area contributed by atoms with Gasteiger partial charge in [0, 0.05) is 13.6 Å². The molecule has 0 aromatic rings. The van der Waals surface area contributed by atoms with Gasteiger partial charge in [0.1, 0.15) is 0 Å². The minimum atomic E-state index is -0.462. The lowest BCUT2D eigenvalue weighted by atomic mass is 9.73. The van der Waals surface area contributed by atoms with Crippen LogP contribution in [0.25, 0.3) is 0 Å². The van der Waals surface area contributed by atoms with E-state index in [0.29, 0.717) is 13.0 Å². The fourth-order valence-corrected chi connectivity index (χ4v) is 2.32. The normalized spacial score (nSPS) is 26.4. The van der Waals surface area contributed by atoms with Crippen LogP contribution in [0.2, 0.25) is 0 Å². The number of allylic oxidation sites excluding steroid dienone is 1. The minimum absolute atomic E-state index is 0.164. The highest BCUT2D eigenvalue weighted by Gasteiger charge is 2.41. The lowest BCUT2D eigenvalue weighted by Crippen LogP contribution is -2.47. The molecule has 0 aromatic carbocycles. The number of hydrogen-bond acceptors (Lipinski definition) is 3. The average Bonchev–Trinajstić information content (AvgIpc) is 2.26. The second-order valence-corrected chi connectivity index (χ2v) is 4.28. The first-order valence-electron chi connectivity index (χ1n) is 5.68. The average molecular weight is 224 g/mol. The molecule has 1 atom stereocenters. The summed E-state index contributed by atoms with van der Waals surface area (Å²) in [6.07, 6.45) is 7.37. The monoisotopic (exact) mass is 224 g/mol. The van der Waals surface area contributed by atoms with Crippen molar-refractivity contribution in [2.24, 2.45) is 10.4 Å². The molecule has 0 aliphatic carbocycles. The van der Waals surface area contributed by atoms with Crippen molar-refractivity contribution in [2.45, 2.75) is 32.1 Å². The number of aliphatic imine (C=N–C) groups is 1. The Morgan fingerprint density at radius 1 is 1.69 bits per heavy atom. The smallest absolute Gasteiger partial charge is 0.252 e. The van der Waals surface area contributed by atoms with E-state index >= 15 is 0 Å². The molecule has 1 heterocycles. The second-order valence-electron chi connectivity index (χ2n) is 4.28. The molecule has 90 valence electrons. The van der Waals surface area contributed by atoms with Crippen LogP contribution in [0.1, 0.15) is 32.1 Å². The third-order valence-corrected chi connectivity index (χ3v) is 3.18. The van der Waals surface area contributed by atoms with Crippen LogP contribution in [0.3, 0.4) is 0 Å². The Bertz CT molecular complexity index is 289. The molecule has 0 radical (unpaired) electrons. The van der Waals surface area contributed by atoms with E-state index in [1.807, 2.05) is 6.21 Å². The number of amides is 1. The maximum Gasteiger partial charge on any atom is 0.252 e. The zero-order valence-corrected chi connectivity index (χ0v) is 9.85. The first-order valence-corrected chi connectivity index (χ1v) is 5.68. The molecule has 0 bridgehead atoms. The van der Waals surface area contributed by atoms with Gasteiger partial charge in [0.2, 0.25) is 0 Å². The van der Waals surface area contributed by atoms with Gasteiger partial charge in [-0.25, -0.2) is 5.06 Å². The molecule has 1 aliphatic rings. The third-order valence-electron chi connectivity index (χ3n) is 3.18. The van der Waals surface area contributed by atoms with Gasteiger partial charge < -0.3 is 4.99 Å². The SMILES string of the molecule is C=CC[C@]1(CCC=NC)CCCN(O)C1=O. The molecule has 0 spiro atoms. The predicted octanol–water partition coefficient (Wildman–Crippen LogP) is 2.04. The van der Waals surface area contributed by atoms with Crippen LogP contribution < -0.4 is 0 Å². The lowest BCUT2D eigenvalue weighted by Gasteiger charge is -2.38. The van der Waals surface area contributed by atoms with Gasteiger partial charge in [0.05, 0.1) is 5.41 Å². The van der Waals surface area contributed by atoms with E-state index in [1.54, 1.807) is 13.1 Å². The minimum Gasteiger partial charge on any atom is -0.301 e. The molecule has 16 heavy (non-hydrogen) atoms. The number of piperidine rings is 1. The number of nitrogens with zero attached hydrogens (tertiary/aromatic N) is 2. The summed E-state index contributed by atoms with van der Waals surface area (Å²) in [7, 11) is 1.72. The molecule has 1 N–H and O–H groups in total. The number of carbonyl (C=O) groups is 1. The van der Waals surface area contributed by atoms with Crippen molar-refractivity contribution < 1.29 is 10.0 Å². The molecular formula is C12H20N2O2. The van der Waals surface area contributed by atoms with Crippen molar-refractivity contribution in [1.29, 1.82) is 0 Å². The maximum atomic E-state index is 12.0. The lowest BCUT2D eigenvalue weighted by molar-refractivity contribution is -0.185. The summed E-state index contributed by atoms with van der Waals surface area (Å²) < 4.78 is 0. The number of rotatable bonds is 5. The third kappa shape index (κ3) is 2.70. The Labute approximate surface area is 96.6 Å². The predicted molar refractivity (Wildman–Crippen MR) is 63.6 cm³/mol. The molecular weight excluding hydrogens is 204 g/mol. The summed E-state index contributed by atoms with van der Waals surface area (Å²) >= 11 is 0. The van der Waals surface area contributed by atoms with E-state index < -0.39 is 5.41 Å². The maximum absolute atomic E-state index is 12.0. The number of hydroxylamine groups is 2. The van der Waals surface area contributed by atoms with Crippen LogP contribution in [0.15, 0.2) is 17.6 Å². The Morgan fingerprint density at radius 3 is 3.06 bits per heavy atom. The molecule has 0 aromatic heterocycles. The summed E-state index contributed by atoms with van der Waals surface area (Å²) in [6, 6.07) is 0. The van der Waals surface area contributed by atoms with Gasteiger partial charge >= 0.3 is 0 Å². The first kappa shape index (κ1) is 12.9.